The Morgan fingerprint density at radius 2 is 2.10 bits per heavy atom. The van der Waals surface area contributed by atoms with Crippen molar-refractivity contribution in [3.8, 4) is 0 Å². The van der Waals surface area contributed by atoms with Crippen LogP contribution in [0.2, 0.25) is 0 Å². The van der Waals surface area contributed by atoms with Crippen LogP contribution in [0, 0.1) is 6.92 Å². The van der Waals surface area contributed by atoms with E-state index in [9.17, 15) is 5.11 Å². The van der Waals surface area contributed by atoms with Crippen molar-refractivity contribution in [1.29, 1.82) is 0 Å². The molecule has 0 aliphatic heterocycles. The molecular formula is C15H24N4OS. The third-order valence-corrected chi connectivity index (χ3v) is 3.96. The zero-order chi connectivity index (χ0) is 15.6. The molecule has 0 aromatic carbocycles. The predicted octanol–water partition coefficient (Wildman–Crippen LogP) is 3.03. The molecule has 0 aliphatic rings. The lowest BCUT2D eigenvalue weighted by molar-refractivity contribution is 0.0885. The topological polar surface area (TPSA) is 61.3 Å². The smallest absolute Gasteiger partial charge is 0.226 e. The van der Waals surface area contributed by atoms with Crippen LogP contribution in [-0.2, 0) is 0 Å². The van der Waals surface area contributed by atoms with Gasteiger partial charge >= 0.3 is 0 Å². The van der Waals surface area contributed by atoms with Gasteiger partial charge in [0.05, 0.1) is 11.0 Å². The number of nitrogens with one attached hydrogen (secondary N) is 1. The molecule has 2 rings (SSSR count). The molecule has 2 N–H and O–H groups in total. The largest absolute Gasteiger partial charge is 0.389 e. The Balaban J connectivity index is 2.43. The zero-order valence-electron chi connectivity index (χ0n) is 13.4. The molecule has 116 valence electrons. The van der Waals surface area contributed by atoms with Gasteiger partial charge in [-0.1, -0.05) is 6.92 Å². The molecule has 2 aromatic rings. The molecule has 0 aliphatic carbocycles. The maximum Gasteiger partial charge on any atom is 0.226 e. The fraction of sp³-hybridized carbons (Fsp3) is 0.600. The van der Waals surface area contributed by atoms with E-state index in [4.69, 9.17) is 0 Å². The highest BCUT2D eigenvalue weighted by molar-refractivity contribution is 7.18. The lowest BCUT2D eigenvalue weighted by atomic mass is 10.1. The summed E-state index contributed by atoms with van der Waals surface area (Å²) in [5.41, 5.74) is -0.770. The van der Waals surface area contributed by atoms with Gasteiger partial charge in [0, 0.05) is 25.0 Å². The average Bonchev–Trinajstić information content (AvgIpc) is 2.73. The van der Waals surface area contributed by atoms with Crippen LogP contribution in [0.3, 0.4) is 0 Å². The first kappa shape index (κ1) is 16.0. The number of aryl methyl sites for hydroxylation is 1. The number of rotatable bonds is 6. The van der Waals surface area contributed by atoms with Gasteiger partial charge in [-0.2, -0.15) is 4.98 Å². The van der Waals surface area contributed by atoms with Crippen LogP contribution in [0.4, 0.5) is 11.8 Å². The number of anilines is 2. The minimum atomic E-state index is -0.770. The molecule has 5 nitrogen and oxygen atoms in total. The number of likely N-dealkylation sites (N-methyl/N-ethyl adjacent to an activating group) is 1. The molecular weight excluding hydrogens is 284 g/mol. The summed E-state index contributed by atoms with van der Waals surface area (Å²) in [5.74, 6) is 1.52. The van der Waals surface area contributed by atoms with Gasteiger partial charge in [-0.05, 0) is 33.3 Å². The summed E-state index contributed by atoms with van der Waals surface area (Å²) in [6.07, 6.45) is 1.03. The van der Waals surface area contributed by atoms with Gasteiger partial charge in [0.2, 0.25) is 5.95 Å². The second kappa shape index (κ2) is 6.15. The van der Waals surface area contributed by atoms with Crippen molar-refractivity contribution in [2.75, 3.05) is 30.4 Å². The van der Waals surface area contributed by atoms with Crippen molar-refractivity contribution in [1.82, 2.24) is 9.97 Å². The number of thiophene rings is 1. The van der Waals surface area contributed by atoms with Crippen LogP contribution in [0.15, 0.2) is 6.07 Å². The summed E-state index contributed by atoms with van der Waals surface area (Å²) in [6, 6.07) is 2.11. The Bertz CT molecular complexity index is 618. The van der Waals surface area contributed by atoms with Gasteiger partial charge in [0.25, 0.3) is 0 Å². The van der Waals surface area contributed by atoms with E-state index < -0.39 is 5.60 Å². The number of aliphatic hydroxyl groups is 1. The fourth-order valence-electron chi connectivity index (χ4n) is 2.29. The predicted molar refractivity (Wildman–Crippen MR) is 90.5 cm³/mol. The minimum Gasteiger partial charge on any atom is -0.389 e. The highest BCUT2D eigenvalue weighted by Crippen LogP contribution is 2.31. The second-order valence-electron chi connectivity index (χ2n) is 6.04. The third-order valence-electron chi connectivity index (χ3n) is 3.01. The Kier molecular flexibility index (Phi) is 4.68. The quantitative estimate of drug-likeness (QED) is 0.859. The Morgan fingerprint density at radius 1 is 1.38 bits per heavy atom. The van der Waals surface area contributed by atoms with Gasteiger partial charge in [-0.15, -0.1) is 11.3 Å². The van der Waals surface area contributed by atoms with Crippen molar-refractivity contribution in [2.24, 2.45) is 0 Å². The van der Waals surface area contributed by atoms with Gasteiger partial charge in [0.1, 0.15) is 10.6 Å². The number of hydrogen-bond donors (Lipinski definition) is 2. The van der Waals surface area contributed by atoms with Crippen molar-refractivity contribution in [3.05, 3.63) is 10.9 Å². The molecule has 0 atom stereocenters. The Labute approximate surface area is 130 Å². The minimum absolute atomic E-state index is 0.515. The van der Waals surface area contributed by atoms with E-state index in [0.717, 1.165) is 29.0 Å². The normalized spacial score (nSPS) is 11.9. The van der Waals surface area contributed by atoms with Crippen LogP contribution in [-0.4, -0.2) is 40.8 Å². The lowest BCUT2D eigenvalue weighted by Gasteiger charge is -2.27. The van der Waals surface area contributed by atoms with E-state index in [0.29, 0.717) is 12.5 Å². The molecule has 0 unspecified atom stereocenters. The van der Waals surface area contributed by atoms with Gasteiger partial charge in [-0.3, -0.25) is 0 Å². The van der Waals surface area contributed by atoms with Crippen LogP contribution < -0.4 is 10.2 Å². The summed E-state index contributed by atoms with van der Waals surface area (Å²) in [6.45, 7) is 9.16. The highest BCUT2D eigenvalue weighted by Gasteiger charge is 2.20. The molecule has 0 saturated carbocycles. The van der Waals surface area contributed by atoms with E-state index in [2.05, 4.69) is 35.2 Å². The Hall–Kier alpha value is -1.40. The standard InChI is InChI=1S/C15H24N4OS/c1-6-7-16-14-17-12(19(5)9-15(3,4)20)11-8-10(2)21-13(11)18-14/h8,20H,6-7,9H2,1-5H3,(H,16,17,18). The monoisotopic (exact) mass is 308 g/mol. The molecule has 0 amide bonds. The highest BCUT2D eigenvalue weighted by atomic mass is 32.1. The van der Waals surface area contributed by atoms with E-state index >= 15 is 0 Å². The first-order valence-corrected chi connectivity index (χ1v) is 8.07. The van der Waals surface area contributed by atoms with Crippen LogP contribution in [0.5, 0.6) is 0 Å². The van der Waals surface area contributed by atoms with Crippen molar-refractivity contribution >= 4 is 33.3 Å². The first-order chi connectivity index (χ1) is 9.80. The average molecular weight is 308 g/mol. The number of nitrogens with zero attached hydrogens (tertiary/aromatic N) is 3. The third kappa shape index (κ3) is 4.04. The summed E-state index contributed by atoms with van der Waals surface area (Å²) < 4.78 is 0. The first-order valence-electron chi connectivity index (χ1n) is 7.25. The van der Waals surface area contributed by atoms with Crippen molar-refractivity contribution < 1.29 is 5.11 Å². The summed E-state index contributed by atoms with van der Waals surface area (Å²) in [7, 11) is 1.95. The van der Waals surface area contributed by atoms with E-state index in [1.54, 1.807) is 25.2 Å². The molecule has 21 heavy (non-hydrogen) atoms. The molecule has 0 radical (unpaired) electrons. The number of fused-ring (bicyclic) bond motifs is 1. The number of aromatic nitrogens is 2. The molecule has 6 heteroatoms. The molecule has 0 saturated heterocycles. The van der Waals surface area contributed by atoms with E-state index in [1.165, 1.54) is 4.88 Å². The SMILES string of the molecule is CCCNc1nc(N(C)CC(C)(C)O)c2cc(C)sc2n1. The zero-order valence-corrected chi connectivity index (χ0v) is 14.2. The second-order valence-corrected chi connectivity index (χ2v) is 7.28. The molecule has 2 aromatic heterocycles. The maximum atomic E-state index is 10.0. The van der Waals surface area contributed by atoms with Gasteiger partial charge in [-0.25, -0.2) is 4.98 Å². The van der Waals surface area contributed by atoms with Crippen LogP contribution >= 0.6 is 11.3 Å². The lowest BCUT2D eigenvalue weighted by Crippen LogP contribution is -2.36. The summed E-state index contributed by atoms with van der Waals surface area (Å²) in [4.78, 5) is 13.4. The number of hydrogen-bond acceptors (Lipinski definition) is 6. The summed E-state index contributed by atoms with van der Waals surface area (Å²) in [5, 5.41) is 14.3. The van der Waals surface area contributed by atoms with Crippen LogP contribution in [0.1, 0.15) is 32.1 Å². The molecule has 0 spiro atoms. The van der Waals surface area contributed by atoms with Crippen LogP contribution in [0.25, 0.3) is 10.2 Å². The molecule has 0 fully saturated rings. The van der Waals surface area contributed by atoms with Crippen molar-refractivity contribution in [3.63, 3.8) is 0 Å². The maximum absolute atomic E-state index is 10.0. The van der Waals surface area contributed by atoms with Gasteiger partial charge in [0.15, 0.2) is 0 Å². The fourth-order valence-corrected chi connectivity index (χ4v) is 3.16. The van der Waals surface area contributed by atoms with Gasteiger partial charge < -0.3 is 15.3 Å². The van der Waals surface area contributed by atoms with E-state index in [-0.39, 0.29) is 0 Å². The molecule has 2 heterocycles. The summed E-state index contributed by atoms with van der Waals surface area (Å²) >= 11 is 1.67. The Morgan fingerprint density at radius 3 is 2.71 bits per heavy atom. The van der Waals surface area contributed by atoms with E-state index in [1.807, 2.05) is 11.9 Å². The van der Waals surface area contributed by atoms with Crippen molar-refractivity contribution in [2.45, 2.75) is 39.7 Å². The molecule has 0 bridgehead atoms.